The molecule has 2 heterocycles. The molecule has 1 fully saturated rings. The van der Waals surface area contributed by atoms with Crippen LogP contribution >= 0.6 is 22.7 Å². The highest BCUT2D eigenvalue weighted by atomic mass is 32.2. The van der Waals surface area contributed by atoms with Crippen LogP contribution in [0.3, 0.4) is 0 Å². The lowest BCUT2D eigenvalue weighted by atomic mass is 10.0. The molecule has 2 aromatic heterocycles. The average molecular weight is 400 g/mol. The second-order valence-electron chi connectivity index (χ2n) is 6.02. The summed E-state index contributed by atoms with van der Waals surface area (Å²) in [6, 6.07) is 5.23. The lowest BCUT2D eigenvalue weighted by molar-refractivity contribution is 0.0930. The third-order valence-electron chi connectivity index (χ3n) is 4.42. The maximum Gasteiger partial charge on any atom is 0.262 e. The van der Waals surface area contributed by atoms with Crippen LogP contribution in [-0.4, -0.2) is 26.9 Å². The van der Waals surface area contributed by atoms with Gasteiger partial charge in [-0.15, -0.1) is 22.7 Å². The summed E-state index contributed by atoms with van der Waals surface area (Å²) >= 11 is 2.62. The lowest BCUT2D eigenvalue weighted by Gasteiger charge is -2.19. The number of hydrogen-bond acceptors (Lipinski definition) is 6. The Labute approximate surface area is 155 Å². The standard InChI is InChI=1S/C16H21N3O3S3/c17-9-11-3-1-5-13(11)19-16(20)15-14(6-8-24-15)25(21,22)18-10-12-4-2-7-23-12/h2,4,6-8,11,13,18H,1,3,5,9-10,17H2,(H,19,20). The molecule has 136 valence electrons. The van der Waals surface area contributed by atoms with Gasteiger partial charge in [-0.3, -0.25) is 4.79 Å². The fraction of sp³-hybridized carbons (Fsp3) is 0.438. The van der Waals surface area contributed by atoms with Crippen LogP contribution < -0.4 is 15.8 Å². The van der Waals surface area contributed by atoms with Crippen molar-refractivity contribution in [2.45, 2.75) is 36.7 Å². The maximum absolute atomic E-state index is 12.6. The molecule has 1 aliphatic rings. The van der Waals surface area contributed by atoms with Gasteiger partial charge in [0, 0.05) is 17.5 Å². The van der Waals surface area contributed by atoms with E-state index in [4.69, 9.17) is 5.73 Å². The Bertz CT molecular complexity index is 815. The summed E-state index contributed by atoms with van der Waals surface area (Å²) in [5.74, 6) is -0.0715. The molecule has 1 amide bonds. The molecule has 0 aromatic carbocycles. The van der Waals surface area contributed by atoms with Gasteiger partial charge in [0.15, 0.2) is 0 Å². The molecule has 0 radical (unpaired) electrons. The van der Waals surface area contributed by atoms with E-state index in [2.05, 4.69) is 10.0 Å². The van der Waals surface area contributed by atoms with Crippen LogP contribution in [0.2, 0.25) is 0 Å². The van der Waals surface area contributed by atoms with Crippen molar-refractivity contribution in [2.24, 2.45) is 11.7 Å². The lowest BCUT2D eigenvalue weighted by Crippen LogP contribution is -2.40. The third kappa shape index (κ3) is 4.29. The van der Waals surface area contributed by atoms with E-state index in [0.717, 1.165) is 35.5 Å². The van der Waals surface area contributed by atoms with Crippen molar-refractivity contribution in [3.63, 3.8) is 0 Å². The van der Waals surface area contributed by atoms with Crippen molar-refractivity contribution in [3.05, 3.63) is 38.7 Å². The van der Waals surface area contributed by atoms with E-state index < -0.39 is 10.0 Å². The molecule has 4 N–H and O–H groups in total. The molecule has 25 heavy (non-hydrogen) atoms. The predicted molar refractivity (Wildman–Crippen MR) is 100 cm³/mol. The monoisotopic (exact) mass is 399 g/mol. The summed E-state index contributed by atoms with van der Waals surface area (Å²) < 4.78 is 27.7. The van der Waals surface area contributed by atoms with E-state index in [0.29, 0.717) is 6.54 Å². The number of thiophene rings is 2. The molecule has 2 unspecified atom stereocenters. The number of carbonyl (C=O) groups excluding carboxylic acids is 1. The van der Waals surface area contributed by atoms with Gasteiger partial charge in [-0.1, -0.05) is 12.5 Å². The molecule has 0 spiro atoms. The molecule has 3 rings (SSSR count). The van der Waals surface area contributed by atoms with Crippen molar-refractivity contribution in [1.29, 1.82) is 0 Å². The number of hydrogen-bond donors (Lipinski definition) is 3. The zero-order valence-corrected chi connectivity index (χ0v) is 16.1. The Morgan fingerprint density at radius 3 is 2.80 bits per heavy atom. The highest BCUT2D eigenvalue weighted by molar-refractivity contribution is 7.89. The first-order valence-corrected chi connectivity index (χ1v) is 11.4. The summed E-state index contributed by atoms with van der Waals surface area (Å²) in [7, 11) is -3.74. The van der Waals surface area contributed by atoms with Gasteiger partial charge in [-0.25, -0.2) is 13.1 Å². The van der Waals surface area contributed by atoms with Crippen molar-refractivity contribution in [1.82, 2.24) is 10.0 Å². The average Bonchev–Trinajstić information content (AvgIpc) is 3.33. The number of nitrogens with one attached hydrogen (secondary N) is 2. The second-order valence-corrected chi connectivity index (χ2v) is 9.71. The maximum atomic E-state index is 12.6. The van der Waals surface area contributed by atoms with Crippen LogP contribution in [-0.2, 0) is 16.6 Å². The molecule has 0 saturated heterocycles. The number of sulfonamides is 1. The quantitative estimate of drug-likeness (QED) is 0.664. The first kappa shape index (κ1) is 18.5. The summed E-state index contributed by atoms with van der Waals surface area (Å²) in [5, 5.41) is 6.49. The van der Waals surface area contributed by atoms with Crippen LogP contribution in [0.15, 0.2) is 33.9 Å². The molecule has 1 saturated carbocycles. The van der Waals surface area contributed by atoms with E-state index >= 15 is 0 Å². The first-order chi connectivity index (χ1) is 12.0. The van der Waals surface area contributed by atoms with E-state index in [1.54, 1.807) is 5.38 Å². The summed E-state index contributed by atoms with van der Waals surface area (Å²) in [6.45, 7) is 0.748. The van der Waals surface area contributed by atoms with E-state index in [-0.39, 0.29) is 34.2 Å². The Hall–Kier alpha value is -1.26. The molecule has 2 atom stereocenters. The van der Waals surface area contributed by atoms with Crippen molar-refractivity contribution in [3.8, 4) is 0 Å². The van der Waals surface area contributed by atoms with E-state index in [9.17, 15) is 13.2 Å². The molecular formula is C16H21N3O3S3. The van der Waals surface area contributed by atoms with Crippen LogP contribution in [0, 0.1) is 5.92 Å². The molecule has 9 heteroatoms. The van der Waals surface area contributed by atoms with Crippen LogP contribution in [0.5, 0.6) is 0 Å². The topological polar surface area (TPSA) is 101 Å². The zero-order valence-electron chi connectivity index (χ0n) is 13.6. The Morgan fingerprint density at radius 1 is 1.24 bits per heavy atom. The van der Waals surface area contributed by atoms with Gasteiger partial charge in [0.25, 0.3) is 5.91 Å². The fourth-order valence-corrected chi connectivity index (χ4v) is 6.15. The van der Waals surface area contributed by atoms with Crippen molar-refractivity contribution >= 4 is 38.6 Å². The first-order valence-electron chi connectivity index (χ1n) is 8.11. The third-order valence-corrected chi connectivity index (χ3v) is 7.78. The SMILES string of the molecule is NCC1CCCC1NC(=O)c1sccc1S(=O)(=O)NCc1cccs1. The van der Waals surface area contributed by atoms with E-state index in [1.807, 2.05) is 17.5 Å². The highest BCUT2D eigenvalue weighted by Gasteiger charge is 2.30. The van der Waals surface area contributed by atoms with E-state index in [1.165, 1.54) is 17.4 Å². The minimum atomic E-state index is -3.74. The van der Waals surface area contributed by atoms with Crippen molar-refractivity contribution in [2.75, 3.05) is 6.54 Å². The molecule has 2 aromatic rings. The minimum absolute atomic E-state index is 0.0224. The normalized spacial score (nSPS) is 20.7. The summed E-state index contributed by atoms with van der Waals surface area (Å²) in [6.07, 6.45) is 2.92. The number of carbonyl (C=O) groups is 1. The molecule has 0 bridgehead atoms. The summed E-state index contributed by atoms with van der Waals surface area (Å²) in [5.41, 5.74) is 5.75. The Balaban J connectivity index is 1.71. The van der Waals surface area contributed by atoms with Gasteiger partial charge >= 0.3 is 0 Å². The zero-order chi connectivity index (χ0) is 17.9. The Morgan fingerprint density at radius 2 is 2.08 bits per heavy atom. The number of rotatable bonds is 7. The van der Waals surface area contributed by atoms with Crippen LogP contribution in [0.4, 0.5) is 0 Å². The predicted octanol–water partition coefficient (Wildman–Crippen LogP) is 2.15. The van der Waals surface area contributed by atoms with Gasteiger partial charge in [-0.2, -0.15) is 0 Å². The molecule has 1 aliphatic carbocycles. The van der Waals surface area contributed by atoms with Gasteiger partial charge in [0.05, 0.1) is 0 Å². The fourth-order valence-electron chi connectivity index (χ4n) is 3.07. The van der Waals surface area contributed by atoms with Crippen LogP contribution in [0.1, 0.15) is 33.8 Å². The molecule has 0 aliphatic heterocycles. The second kappa shape index (κ2) is 7.96. The van der Waals surface area contributed by atoms with Gasteiger partial charge < -0.3 is 11.1 Å². The highest BCUT2D eigenvalue weighted by Crippen LogP contribution is 2.27. The van der Waals surface area contributed by atoms with Crippen molar-refractivity contribution < 1.29 is 13.2 Å². The number of nitrogens with two attached hydrogens (primary N) is 1. The number of amides is 1. The largest absolute Gasteiger partial charge is 0.348 e. The van der Waals surface area contributed by atoms with Crippen LogP contribution in [0.25, 0.3) is 0 Å². The smallest absolute Gasteiger partial charge is 0.262 e. The molecular weight excluding hydrogens is 378 g/mol. The van der Waals surface area contributed by atoms with Gasteiger partial charge in [-0.05, 0) is 48.2 Å². The minimum Gasteiger partial charge on any atom is -0.348 e. The van der Waals surface area contributed by atoms with Gasteiger partial charge in [0.1, 0.15) is 9.77 Å². The Kier molecular flexibility index (Phi) is 5.90. The molecule has 6 nitrogen and oxygen atoms in total. The van der Waals surface area contributed by atoms with Gasteiger partial charge in [0.2, 0.25) is 10.0 Å². The summed E-state index contributed by atoms with van der Waals surface area (Å²) in [4.78, 5) is 13.8.